The quantitative estimate of drug-likeness (QED) is 0.825. The fourth-order valence-corrected chi connectivity index (χ4v) is 2.62. The highest BCUT2D eigenvalue weighted by Crippen LogP contribution is 2.32. The molecule has 0 spiro atoms. The Labute approximate surface area is 123 Å². The Morgan fingerprint density at radius 2 is 2.14 bits per heavy atom. The van der Waals surface area contributed by atoms with Crippen LogP contribution in [0, 0.1) is 5.92 Å². The first-order chi connectivity index (χ1) is 9.91. The van der Waals surface area contributed by atoms with Crippen LogP contribution in [-0.2, 0) is 16.6 Å². The number of aromatic nitrogens is 2. The Balaban J connectivity index is 2.02. The van der Waals surface area contributed by atoms with Gasteiger partial charge in [-0.05, 0) is 37.7 Å². The summed E-state index contributed by atoms with van der Waals surface area (Å²) >= 11 is 0. The third kappa shape index (κ3) is 3.71. The van der Waals surface area contributed by atoms with Gasteiger partial charge in [-0.2, -0.15) is 5.10 Å². The van der Waals surface area contributed by atoms with E-state index in [9.17, 15) is 14.7 Å². The lowest BCUT2D eigenvalue weighted by Crippen LogP contribution is -2.55. The lowest BCUT2D eigenvalue weighted by Gasteiger charge is -2.36. The molecule has 1 heterocycles. The summed E-state index contributed by atoms with van der Waals surface area (Å²) < 4.78 is 1.64. The van der Waals surface area contributed by atoms with Crippen molar-refractivity contribution < 1.29 is 14.7 Å². The third-order valence-electron chi connectivity index (χ3n) is 4.05. The van der Waals surface area contributed by atoms with Gasteiger partial charge in [0, 0.05) is 24.9 Å². The minimum absolute atomic E-state index is 0.379. The molecule has 21 heavy (non-hydrogen) atoms. The maximum Gasteiger partial charge on any atom is 0.329 e. The van der Waals surface area contributed by atoms with E-state index in [-0.39, 0.29) is 5.91 Å². The Morgan fingerprint density at radius 3 is 2.67 bits per heavy atom. The second-order valence-corrected chi connectivity index (χ2v) is 5.84. The second kappa shape index (κ2) is 6.11. The van der Waals surface area contributed by atoms with Crippen molar-refractivity contribution in [3.8, 4) is 0 Å². The van der Waals surface area contributed by atoms with Crippen LogP contribution in [-0.4, -0.2) is 32.3 Å². The molecule has 0 aromatic carbocycles. The summed E-state index contributed by atoms with van der Waals surface area (Å²) in [6.07, 6.45) is 9.00. The third-order valence-corrected chi connectivity index (χ3v) is 4.05. The number of hydrogen-bond acceptors (Lipinski definition) is 3. The van der Waals surface area contributed by atoms with Crippen LogP contribution >= 0.6 is 0 Å². The van der Waals surface area contributed by atoms with Crippen molar-refractivity contribution in [1.82, 2.24) is 15.1 Å². The lowest BCUT2D eigenvalue weighted by atomic mass is 9.77. The van der Waals surface area contributed by atoms with Gasteiger partial charge in [0.1, 0.15) is 5.54 Å². The number of aryl methyl sites for hydroxylation is 1. The highest BCUT2D eigenvalue weighted by atomic mass is 16.4. The summed E-state index contributed by atoms with van der Waals surface area (Å²) in [6.45, 7) is 2.11. The van der Waals surface area contributed by atoms with Crippen molar-refractivity contribution in [2.75, 3.05) is 0 Å². The summed E-state index contributed by atoms with van der Waals surface area (Å²) in [5.74, 6) is -0.811. The van der Waals surface area contributed by atoms with Crippen LogP contribution in [0.1, 0.15) is 38.2 Å². The van der Waals surface area contributed by atoms with Gasteiger partial charge in [0.15, 0.2) is 0 Å². The molecule has 2 rings (SSSR count). The van der Waals surface area contributed by atoms with Crippen LogP contribution < -0.4 is 5.32 Å². The number of carboxylic acid groups (broad SMARTS) is 1. The Bertz CT molecular complexity index is 554. The minimum Gasteiger partial charge on any atom is -0.480 e. The van der Waals surface area contributed by atoms with Crippen LogP contribution in [0.2, 0.25) is 0 Å². The van der Waals surface area contributed by atoms with Crippen LogP contribution in [0.3, 0.4) is 0 Å². The van der Waals surface area contributed by atoms with Gasteiger partial charge in [0.05, 0.1) is 6.20 Å². The molecular weight excluding hydrogens is 270 g/mol. The number of aliphatic carboxylic acids is 1. The molecule has 1 aromatic heterocycles. The van der Waals surface area contributed by atoms with E-state index < -0.39 is 11.5 Å². The molecule has 0 atom stereocenters. The molecule has 1 saturated carbocycles. The van der Waals surface area contributed by atoms with Gasteiger partial charge in [-0.15, -0.1) is 0 Å². The van der Waals surface area contributed by atoms with Crippen LogP contribution in [0.5, 0.6) is 0 Å². The first-order valence-electron chi connectivity index (χ1n) is 7.13. The van der Waals surface area contributed by atoms with Crippen molar-refractivity contribution in [1.29, 1.82) is 0 Å². The average Bonchev–Trinajstić information content (AvgIpc) is 2.85. The monoisotopic (exact) mass is 291 g/mol. The van der Waals surface area contributed by atoms with E-state index in [1.807, 2.05) is 0 Å². The van der Waals surface area contributed by atoms with E-state index >= 15 is 0 Å². The number of rotatable bonds is 4. The summed E-state index contributed by atoms with van der Waals surface area (Å²) in [7, 11) is 1.79. The molecule has 6 heteroatoms. The van der Waals surface area contributed by atoms with Crippen LogP contribution in [0.25, 0.3) is 6.08 Å². The van der Waals surface area contributed by atoms with Crippen molar-refractivity contribution in [3.63, 3.8) is 0 Å². The maximum absolute atomic E-state index is 12.0. The topological polar surface area (TPSA) is 84.2 Å². The SMILES string of the molecule is CC1CCC(NC(=O)/C=C/c2cnn(C)c2)(C(=O)O)CC1. The minimum atomic E-state index is -1.12. The molecule has 0 saturated heterocycles. The zero-order valence-electron chi connectivity index (χ0n) is 12.4. The molecule has 0 aliphatic heterocycles. The van der Waals surface area contributed by atoms with Gasteiger partial charge in [0.2, 0.25) is 5.91 Å². The molecular formula is C15H21N3O3. The Morgan fingerprint density at radius 1 is 1.48 bits per heavy atom. The molecule has 6 nitrogen and oxygen atoms in total. The van der Waals surface area contributed by atoms with Gasteiger partial charge < -0.3 is 10.4 Å². The predicted molar refractivity (Wildman–Crippen MR) is 78.4 cm³/mol. The Kier molecular flexibility index (Phi) is 4.45. The molecule has 114 valence electrons. The first kappa shape index (κ1) is 15.3. The highest BCUT2D eigenvalue weighted by Gasteiger charge is 2.42. The standard InChI is InChI=1S/C15H21N3O3/c1-11-5-7-15(8-6-11,14(20)21)17-13(19)4-3-12-9-16-18(2)10-12/h3-4,9-11H,5-8H2,1-2H3,(H,17,19)(H,20,21)/b4-3+. The van der Waals surface area contributed by atoms with Crippen molar-refractivity contribution in [2.24, 2.45) is 13.0 Å². The van der Waals surface area contributed by atoms with E-state index in [1.165, 1.54) is 6.08 Å². The first-order valence-corrected chi connectivity index (χ1v) is 7.13. The Hall–Kier alpha value is -2.11. The molecule has 1 aliphatic rings. The number of nitrogens with zero attached hydrogens (tertiary/aromatic N) is 2. The van der Waals surface area contributed by atoms with Crippen LogP contribution in [0.15, 0.2) is 18.5 Å². The van der Waals surface area contributed by atoms with Crippen molar-refractivity contribution in [3.05, 3.63) is 24.0 Å². The normalized spacial score (nSPS) is 25.9. The summed E-state index contributed by atoms with van der Waals surface area (Å²) in [4.78, 5) is 23.5. The van der Waals surface area contributed by atoms with E-state index in [0.717, 1.165) is 18.4 Å². The average molecular weight is 291 g/mol. The number of carbonyl (C=O) groups excluding carboxylic acids is 1. The van der Waals surface area contributed by atoms with E-state index in [1.54, 1.807) is 30.2 Å². The van der Waals surface area contributed by atoms with E-state index in [2.05, 4.69) is 17.3 Å². The highest BCUT2D eigenvalue weighted by molar-refractivity contribution is 5.95. The summed E-state index contributed by atoms with van der Waals surface area (Å²) in [5.41, 5.74) is -0.322. The number of amides is 1. The second-order valence-electron chi connectivity index (χ2n) is 5.84. The van der Waals surface area contributed by atoms with Crippen molar-refractivity contribution >= 4 is 18.0 Å². The number of carboxylic acids is 1. The van der Waals surface area contributed by atoms with Gasteiger partial charge >= 0.3 is 5.97 Å². The summed E-state index contributed by atoms with van der Waals surface area (Å²) in [5, 5.41) is 16.1. The fourth-order valence-electron chi connectivity index (χ4n) is 2.62. The molecule has 0 bridgehead atoms. The summed E-state index contributed by atoms with van der Waals surface area (Å²) in [6, 6.07) is 0. The molecule has 0 radical (unpaired) electrons. The van der Waals surface area contributed by atoms with E-state index in [0.29, 0.717) is 18.8 Å². The predicted octanol–water partition coefficient (Wildman–Crippen LogP) is 1.58. The van der Waals surface area contributed by atoms with Crippen LogP contribution in [0.4, 0.5) is 0 Å². The van der Waals surface area contributed by atoms with E-state index in [4.69, 9.17) is 0 Å². The smallest absolute Gasteiger partial charge is 0.329 e. The maximum atomic E-state index is 12.0. The van der Waals surface area contributed by atoms with Crippen molar-refractivity contribution in [2.45, 2.75) is 38.1 Å². The molecule has 1 fully saturated rings. The van der Waals surface area contributed by atoms with Gasteiger partial charge in [0.25, 0.3) is 0 Å². The van der Waals surface area contributed by atoms with Gasteiger partial charge in [-0.25, -0.2) is 4.79 Å². The number of carbonyl (C=O) groups is 2. The lowest BCUT2D eigenvalue weighted by molar-refractivity contribution is -0.149. The molecule has 2 N–H and O–H groups in total. The largest absolute Gasteiger partial charge is 0.480 e. The fraction of sp³-hybridized carbons (Fsp3) is 0.533. The zero-order chi connectivity index (χ0) is 15.5. The molecule has 0 unspecified atom stereocenters. The molecule has 1 aromatic rings. The molecule has 1 aliphatic carbocycles. The molecule has 1 amide bonds. The van der Waals surface area contributed by atoms with Gasteiger partial charge in [-0.3, -0.25) is 9.48 Å². The number of hydrogen-bond donors (Lipinski definition) is 2. The zero-order valence-corrected chi connectivity index (χ0v) is 12.4. The van der Waals surface area contributed by atoms with Gasteiger partial charge in [-0.1, -0.05) is 6.92 Å². The number of nitrogens with one attached hydrogen (secondary N) is 1.